The summed E-state index contributed by atoms with van der Waals surface area (Å²) in [7, 11) is 1.27. The molecule has 9 heteroatoms. The Kier molecular flexibility index (Phi) is 6.80. The van der Waals surface area contributed by atoms with Gasteiger partial charge in [-0.15, -0.1) is 11.3 Å². The van der Waals surface area contributed by atoms with Crippen LogP contribution in [0.5, 0.6) is 0 Å². The molecule has 1 aliphatic rings. The fourth-order valence-electron chi connectivity index (χ4n) is 4.64. The highest BCUT2D eigenvalue weighted by Crippen LogP contribution is 2.33. The van der Waals surface area contributed by atoms with Crippen molar-refractivity contribution in [2.45, 2.75) is 6.54 Å². The highest BCUT2D eigenvalue weighted by molar-refractivity contribution is 7.12. The molecule has 1 fully saturated rings. The summed E-state index contributed by atoms with van der Waals surface area (Å²) in [6.45, 7) is 2.15. The summed E-state index contributed by atoms with van der Waals surface area (Å²) >= 11 is 7.81. The monoisotopic (exact) mass is 521 g/mol. The Morgan fingerprint density at radius 1 is 1.00 bits per heavy atom. The first-order valence-electron chi connectivity index (χ1n) is 11.5. The van der Waals surface area contributed by atoms with Gasteiger partial charge in [-0.05, 0) is 35.2 Å². The van der Waals surface area contributed by atoms with E-state index in [9.17, 15) is 14.4 Å². The number of halogens is 1. The lowest BCUT2D eigenvalue weighted by Crippen LogP contribution is -2.49. The van der Waals surface area contributed by atoms with Gasteiger partial charge in [-0.25, -0.2) is 4.79 Å². The Morgan fingerprint density at radius 2 is 1.75 bits per heavy atom. The third-order valence-corrected chi connectivity index (χ3v) is 7.48. The van der Waals surface area contributed by atoms with Crippen LogP contribution in [0.4, 0.5) is 5.69 Å². The van der Waals surface area contributed by atoms with Crippen LogP contribution in [0.25, 0.3) is 10.9 Å². The zero-order valence-corrected chi connectivity index (χ0v) is 21.2. The number of ether oxygens (including phenoxy) is 1. The van der Waals surface area contributed by atoms with Crippen molar-refractivity contribution in [3.8, 4) is 0 Å². The number of fused-ring (bicyclic) bond motifs is 1. The molecule has 0 saturated carbocycles. The van der Waals surface area contributed by atoms with Crippen LogP contribution >= 0.6 is 22.9 Å². The van der Waals surface area contributed by atoms with Gasteiger partial charge in [0.2, 0.25) is 0 Å². The molecule has 1 saturated heterocycles. The van der Waals surface area contributed by atoms with Crippen molar-refractivity contribution >= 4 is 51.4 Å². The predicted octanol–water partition coefficient (Wildman–Crippen LogP) is 4.51. The van der Waals surface area contributed by atoms with Crippen molar-refractivity contribution in [3.05, 3.63) is 97.4 Å². The van der Waals surface area contributed by atoms with Gasteiger partial charge in [-0.3, -0.25) is 9.59 Å². The molecule has 1 amide bonds. The van der Waals surface area contributed by atoms with Gasteiger partial charge in [-0.1, -0.05) is 48.0 Å². The van der Waals surface area contributed by atoms with Gasteiger partial charge in [0.1, 0.15) is 5.56 Å². The molecule has 0 aliphatic carbocycles. The van der Waals surface area contributed by atoms with E-state index in [1.54, 1.807) is 21.6 Å². The minimum Gasteiger partial charge on any atom is -0.465 e. The molecule has 5 rings (SSSR count). The van der Waals surface area contributed by atoms with Crippen LogP contribution in [0.1, 0.15) is 25.6 Å². The van der Waals surface area contributed by atoms with Crippen molar-refractivity contribution in [2.75, 3.05) is 38.2 Å². The third-order valence-electron chi connectivity index (χ3n) is 6.39. The Morgan fingerprint density at radius 3 is 2.42 bits per heavy atom. The number of anilines is 1. The van der Waals surface area contributed by atoms with E-state index in [1.165, 1.54) is 18.4 Å². The second-order valence-electron chi connectivity index (χ2n) is 8.51. The summed E-state index contributed by atoms with van der Waals surface area (Å²) in [5, 5.41) is 3.07. The average Bonchev–Trinajstić information content (AvgIpc) is 3.45. The Hall–Kier alpha value is -3.62. The minimum atomic E-state index is -0.698. The summed E-state index contributed by atoms with van der Waals surface area (Å²) in [5.41, 5.74) is 1.65. The number of piperazine rings is 1. The molecule has 0 radical (unpaired) electrons. The fourth-order valence-corrected chi connectivity index (χ4v) is 5.50. The van der Waals surface area contributed by atoms with Gasteiger partial charge in [0.05, 0.1) is 29.7 Å². The van der Waals surface area contributed by atoms with Gasteiger partial charge >= 0.3 is 5.97 Å². The molecule has 0 atom stereocenters. The van der Waals surface area contributed by atoms with Crippen LogP contribution in [-0.4, -0.2) is 54.6 Å². The van der Waals surface area contributed by atoms with Gasteiger partial charge in [-0.2, -0.15) is 0 Å². The van der Waals surface area contributed by atoms with E-state index < -0.39 is 11.5 Å². The summed E-state index contributed by atoms with van der Waals surface area (Å²) < 4.78 is 6.66. The zero-order chi connectivity index (χ0) is 25.2. The number of nitrogens with zero attached hydrogens (tertiary/aromatic N) is 3. The van der Waals surface area contributed by atoms with Gasteiger partial charge in [0.15, 0.2) is 0 Å². The summed E-state index contributed by atoms with van der Waals surface area (Å²) in [6.07, 6.45) is 0. The molecule has 3 heterocycles. The first-order chi connectivity index (χ1) is 17.5. The van der Waals surface area contributed by atoms with E-state index in [2.05, 4.69) is 0 Å². The minimum absolute atomic E-state index is 0.0102. The van der Waals surface area contributed by atoms with Crippen molar-refractivity contribution < 1.29 is 14.3 Å². The van der Waals surface area contributed by atoms with Crippen molar-refractivity contribution in [1.29, 1.82) is 0 Å². The quantitative estimate of drug-likeness (QED) is 0.361. The second-order valence-corrected chi connectivity index (χ2v) is 9.89. The molecule has 0 unspecified atom stereocenters. The maximum Gasteiger partial charge on any atom is 0.345 e. The molecule has 0 N–H and O–H groups in total. The number of pyridine rings is 1. The van der Waals surface area contributed by atoms with Crippen LogP contribution in [0.2, 0.25) is 5.02 Å². The lowest BCUT2D eigenvalue weighted by atomic mass is 10.0. The molecule has 36 heavy (non-hydrogen) atoms. The number of benzene rings is 2. The number of methoxy groups -OCH3 is 1. The molecular formula is C27H24ClN3O4S. The number of aromatic nitrogens is 1. The predicted molar refractivity (Wildman–Crippen MR) is 143 cm³/mol. The number of hydrogen-bond donors (Lipinski definition) is 0. The first kappa shape index (κ1) is 24.1. The smallest absolute Gasteiger partial charge is 0.345 e. The SMILES string of the molecule is COC(=O)c1c(N2CCN(C(=O)c3cccs3)CC2)c2cc(Cl)ccc2n(Cc2ccccc2)c1=O. The molecule has 0 spiro atoms. The number of carbonyl (C=O) groups is 2. The molecular weight excluding hydrogens is 498 g/mol. The fraction of sp³-hybridized carbons (Fsp3) is 0.222. The highest BCUT2D eigenvalue weighted by Gasteiger charge is 2.30. The largest absolute Gasteiger partial charge is 0.465 e. The molecule has 2 aromatic heterocycles. The maximum absolute atomic E-state index is 13.8. The van der Waals surface area contributed by atoms with E-state index in [0.29, 0.717) is 59.2 Å². The summed E-state index contributed by atoms with van der Waals surface area (Å²) in [4.78, 5) is 44.1. The Labute approximate surface area is 217 Å². The Bertz CT molecular complexity index is 1480. The van der Waals surface area contributed by atoms with E-state index in [4.69, 9.17) is 16.3 Å². The highest BCUT2D eigenvalue weighted by atomic mass is 35.5. The molecule has 4 aromatic rings. The number of esters is 1. The van der Waals surface area contributed by atoms with Crippen LogP contribution in [0, 0.1) is 0 Å². The van der Waals surface area contributed by atoms with E-state index in [0.717, 1.165) is 5.56 Å². The van der Waals surface area contributed by atoms with E-state index in [1.807, 2.05) is 58.8 Å². The van der Waals surface area contributed by atoms with Crippen molar-refractivity contribution in [2.24, 2.45) is 0 Å². The normalized spacial score (nSPS) is 13.7. The third kappa shape index (κ3) is 4.50. The van der Waals surface area contributed by atoms with Crippen molar-refractivity contribution in [1.82, 2.24) is 9.47 Å². The number of rotatable bonds is 5. The number of thiophene rings is 1. The second kappa shape index (κ2) is 10.2. The number of amides is 1. The number of hydrogen-bond acceptors (Lipinski definition) is 6. The van der Waals surface area contributed by atoms with E-state index >= 15 is 0 Å². The molecule has 7 nitrogen and oxygen atoms in total. The lowest BCUT2D eigenvalue weighted by Gasteiger charge is -2.37. The van der Waals surface area contributed by atoms with Gasteiger partial charge < -0.3 is 19.1 Å². The van der Waals surface area contributed by atoms with Crippen LogP contribution in [0.3, 0.4) is 0 Å². The number of carbonyl (C=O) groups excluding carboxylic acids is 2. The standard InChI is InChI=1S/C27H24ClN3O4S/c1-35-27(34)23-24(29-11-13-30(14-12-29)25(32)22-8-5-15-36-22)20-16-19(28)9-10-21(20)31(26(23)33)17-18-6-3-2-4-7-18/h2-10,15-16H,11-14,17H2,1H3. The average molecular weight is 522 g/mol. The maximum atomic E-state index is 13.8. The lowest BCUT2D eigenvalue weighted by molar-refractivity contribution is 0.0597. The summed E-state index contributed by atoms with van der Waals surface area (Å²) in [5.74, 6) is -0.709. The van der Waals surface area contributed by atoms with Gasteiger partial charge in [0.25, 0.3) is 11.5 Å². The molecule has 184 valence electrons. The zero-order valence-electron chi connectivity index (χ0n) is 19.6. The van der Waals surface area contributed by atoms with E-state index in [-0.39, 0.29) is 11.5 Å². The molecule has 0 bridgehead atoms. The molecule has 1 aliphatic heterocycles. The van der Waals surface area contributed by atoms with Gasteiger partial charge in [0, 0.05) is 36.6 Å². The molecule has 2 aromatic carbocycles. The van der Waals surface area contributed by atoms with Crippen LogP contribution in [-0.2, 0) is 11.3 Å². The summed E-state index contributed by atoms with van der Waals surface area (Å²) in [6, 6.07) is 18.6. The van der Waals surface area contributed by atoms with Crippen molar-refractivity contribution in [3.63, 3.8) is 0 Å². The van der Waals surface area contributed by atoms with Crippen LogP contribution in [0.15, 0.2) is 70.8 Å². The van der Waals surface area contributed by atoms with Crippen LogP contribution < -0.4 is 10.5 Å². The Balaban J connectivity index is 1.60. The first-order valence-corrected chi connectivity index (χ1v) is 12.8. The topological polar surface area (TPSA) is 71.8 Å².